The summed E-state index contributed by atoms with van der Waals surface area (Å²) in [6.45, 7) is 3.11. The Bertz CT molecular complexity index is 544. The van der Waals surface area contributed by atoms with Gasteiger partial charge in [-0.1, -0.05) is 0 Å². The second-order valence-corrected chi connectivity index (χ2v) is 5.12. The highest BCUT2D eigenvalue weighted by molar-refractivity contribution is 9.10. The second kappa shape index (κ2) is 4.44. The van der Waals surface area contributed by atoms with Gasteiger partial charge < -0.3 is 5.11 Å². The van der Waals surface area contributed by atoms with Crippen LogP contribution in [0.4, 0.5) is 10.1 Å². The molecule has 0 saturated heterocycles. The molecule has 0 aliphatic carbocycles. The summed E-state index contributed by atoms with van der Waals surface area (Å²) in [5.74, 6) is -1.98. The summed E-state index contributed by atoms with van der Waals surface area (Å²) in [5, 5.41) is 9.53. The van der Waals surface area contributed by atoms with Gasteiger partial charge in [-0.05, 0) is 41.9 Å². The number of amides is 1. The van der Waals surface area contributed by atoms with Crippen LogP contribution in [0.25, 0.3) is 0 Å². The maximum absolute atomic E-state index is 13.5. The Hall–Kier alpha value is -1.27. The van der Waals surface area contributed by atoms with E-state index in [4.69, 9.17) is 0 Å². The smallest absolute Gasteiger partial charge is 0.299 e. The number of aliphatic hydroxyl groups is 1. The maximum Gasteiger partial charge on any atom is 0.299 e. The second-order valence-electron chi connectivity index (χ2n) is 4.27. The number of aliphatic hydroxyl groups excluding tert-OH is 1. The van der Waals surface area contributed by atoms with E-state index < -0.39 is 29.7 Å². The average Bonchev–Trinajstić information content (AvgIpc) is 2.53. The zero-order valence-electron chi connectivity index (χ0n) is 9.78. The number of nitrogens with zero attached hydrogens (tertiary/aromatic N) is 1. The molecule has 1 aromatic rings. The fourth-order valence-electron chi connectivity index (χ4n) is 1.87. The van der Waals surface area contributed by atoms with E-state index in [0.29, 0.717) is 0 Å². The van der Waals surface area contributed by atoms with Gasteiger partial charge in [0.15, 0.2) is 0 Å². The van der Waals surface area contributed by atoms with Crippen molar-refractivity contribution in [3.63, 3.8) is 0 Å². The molecule has 6 heteroatoms. The molecule has 2 rings (SSSR count). The number of fused-ring (bicyclic) bond motifs is 1. The van der Waals surface area contributed by atoms with E-state index in [-0.39, 0.29) is 15.7 Å². The van der Waals surface area contributed by atoms with Crippen molar-refractivity contribution in [2.24, 2.45) is 0 Å². The lowest BCUT2D eigenvalue weighted by molar-refractivity contribution is -0.115. The predicted octanol–water partition coefficient (Wildman–Crippen LogP) is 1.89. The first-order chi connectivity index (χ1) is 8.34. The van der Waals surface area contributed by atoms with Crippen LogP contribution >= 0.6 is 15.9 Å². The summed E-state index contributed by atoms with van der Waals surface area (Å²) in [7, 11) is 0. The molecule has 2 atom stereocenters. The van der Waals surface area contributed by atoms with Gasteiger partial charge in [-0.2, -0.15) is 0 Å². The minimum atomic E-state index is -0.820. The fourth-order valence-corrected chi connectivity index (χ4v) is 2.21. The predicted molar refractivity (Wildman–Crippen MR) is 67.1 cm³/mol. The van der Waals surface area contributed by atoms with Crippen LogP contribution in [0.2, 0.25) is 0 Å². The Morgan fingerprint density at radius 3 is 2.50 bits per heavy atom. The van der Waals surface area contributed by atoms with E-state index in [2.05, 4.69) is 15.9 Å². The minimum Gasteiger partial charge on any atom is -0.391 e. The first kappa shape index (κ1) is 13.2. The fraction of sp³-hybridized carbons (Fsp3) is 0.333. The number of halogens is 2. The molecule has 0 fully saturated rings. The van der Waals surface area contributed by atoms with Crippen molar-refractivity contribution >= 4 is 33.3 Å². The first-order valence-corrected chi connectivity index (χ1v) is 6.19. The number of hydrogen-bond acceptors (Lipinski definition) is 3. The molecule has 4 nitrogen and oxygen atoms in total. The van der Waals surface area contributed by atoms with E-state index in [1.54, 1.807) is 6.92 Å². The number of carbonyl (C=O) groups is 2. The van der Waals surface area contributed by atoms with Crippen molar-refractivity contribution in [2.45, 2.75) is 26.0 Å². The lowest BCUT2D eigenvalue weighted by atomic mass is 10.1. The lowest BCUT2D eigenvalue weighted by Gasteiger charge is -2.26. The summed E-state index contributed by atoms with van der Waals surface area (Å²) in [6.07, 6.45) is -0.820. The number of Topliss-reactive ketones (excluding diaryl/α,β-unsaturated/α-hetero) is 1. The molecule has 96 valence electrons. The monoisotopic (exact) mass is 315 g/mol. The number of anilines is 1. The van der Waals surface area contributed by atoms with Crippen molar-refractivity contribution in [1.82, 2.24) is 0 Å². The van der Waals surface area contributed by atoms with Gasteiger partial charge in [0, 0.05) is 0 Å². The van der Waals surface area contributed by atoms with Crippen molar-refractivity contribution in [3.8, 4) is 0 Å². The third-order valence-electron chi connectivity index (χ3n) is 3.06. The zero-order chi connectivity index (χ0) is 13.6. The zero-order valence-corrected chi connectivity index (χ0v) is 11.4. The SMILES string of the molecule is CC(O)C(C)N1C(=O)C(=O)c2cc(Br)c(F)cc21. The molecular formula is C12H11BrFNO3. The Kier molecular flexibility index (Phi) is 3.25. The summed E-state index contributed by atoms with van der Waals surface area (Å²) >= 11 is 2.98. The largest absolute Gasteiger partial charge is 0.391 e. The van der Waals surface area contributed by atoms with E-state index in [1.165, 1.54) is 13.0 Å². The number of ketones is 1. The highest BCUT2D eigenvalue weighted by Crippen LogP contribution is 2.35. The number of rotatable bonds is 2. The first-order valence-electron chi connectivity index (χ1n) is 5.39. The van der Waals surface area contributed by atoms with Gasteiger partial charge in [0.25, 0.3) is 11.7 Å². The van der Waals surface area contributed by atoms with Crippen LogP contribution in [-0.2, 0) is 4.79 Å². The summed E-state index contributed by atoms with van der Waals surface area (Å²) in [5.41, 5.74) is 0.361. The molecule has 0 spiro atoms. The van der Waals surface area contributed by atoms with Crippen LogP contribution in [0.1, 0.15) is 24.2 Å². The summed E-state index contributed by atoms with van der Waals surface area (Å²) in [6, 6.07) is 1.82. The third kappa shape index (κ3) is 1.85. The minimum absolute atomic E-state index is 0.133. The average molecular weight is 316 g/mol. The van der Waals surface area contributed by atoms with Gasteiger partial charge in [-0.25, -0.2) is 4.39 Å². The molecule has 18 heavy (non-hydrogen) atoms. The molecule has 0 aromatic heterocycles. The van der Waals surface area contributed by atoms with E-state index in [0.717, 1.165) is 11.0 Å². The summed E-state index contributed by atoms with van der Waals surface area (Å²) in [4.78, 5) is 24.8. The lowest BCUT2D eigenvalue weighted by Crippen LogP contribution is -2.43. The maximum atomic E-state index is 13.5. The topological polar surface area (TPSA) is 57.6 Å². The van der Waals surface area contributed by atoms with E-state index in [1.807, 2.05) is 0 Å². The van der Waals surface area contributed by atoms with Crippen LogP contribution in [0.15, 0.2) is 16.6 Å². The molecule has 1 aliphatic heterocycles. The van der Waals surface area contributed by atoms with Gasteiger partial charge in [0.05, 0.1) is 27.9 Å². The van der Waals surface area contributed by atoms with Crippen LogP contribution in [-0.4, -0.2) is 28.9 Å². The quantitative estimate of drug-likeness (QED) is 0.848. The molecule has 1 amide bonds. The van der Waals surface area contributed by atoms with Crippen molar-refractivity contribution < 1.29 is 19.1 Å². The van der Waals surface area contributed by atoms with Crippen molar-refractivity contribution in [1.29, 1.82) is 0 Å². The number of carbonyl (C=O) groups excluding carboxylic acids is 2. The van der Waals surface area contributed by atoms with Crippen LogP contribution in [0.3, 0.4) is 0 Å². The van der Waals surface area contributed by atoms with Gasteiger partial charge >= 0.3 is 0 Å². The number of benzene rings is 1. The van der Waals surface area contributed by atoms with E-state index >= 15 is 0 Å². The van der Waals surface area contributed by atoms with Gasteiger partial charge in [-0.3, -0.25) is 14.5 Å². The molecule has 1 aliphatic rings. The van der Waals surface area contributed by atoms with Crippen LogP contribution < -0.4 is 4.90 Å². The molecule has 0 saturated carbocycles. The molecule has 1 N–H and O–H groups in total. The Labute approximate surface area is 112 Å². The summed E-state index contributed by atoms with van der Waals surface area (Å²) < 4.78 is 13.6. The molecule has 2 unspecified atom stereocenters. The van der Waals surface area contributed by atoms with Gasteiger partial charge in [-0.15, -0.1) is 0 Å². The molecule has 1 heterocycles. The Morgan fingerprint density at radius 1 is 1.33 bits per heavy atom. The Morgan fingerprint density at radius 2 is 1.94 bits per heavy atom. The van der Waals surface area contributed by atoms with Crippen molar-refractivity contribution in [2.75, 3.05) is 4.90 Å². The van der Waals surface area contributed by atoms with Gasteiger partial charge in [0.2, 0.25) is 0 Å². The Balaban J connectivity index is 2.58. The highest BCUT2D eigenvalue weighted by atomic mass is 79.9. The number of hydrogen-bond donors (Lipinski definition) is 1. The third-order valence-corrected chi connectivity index (χ3v) is 3.67. The normalized spacial score (nSPS) is 17.9. The molecule has 1 aromatic carbocycles. The molecule has 0 bridgehead atoms. The standard InChI is InChI=1S/C12H11BrFNO3/c1-5(6(2)16)15-10-4-9(14)8(13)3-7(10)11(17)12(15)18/h3-6,16H,1-2H3. The van der Waals surface area contributed by atoms with Crippen molar-refractivity contribution in [3.05, 3.63) is 28.0 Å². The van der Waals surface area contributed by atoms with Crippen LogP contribution in [0, 0.1) is 5.82 Å². The van der Waals surface area contributed by atoms with Crippen LogP contribution in [0.5, 0.6) is 0 Å². The molecular weight excluding hydrogens is 305 g/mol. The highest BCUT2D eigenvalue weighted by Gasteiger charge is 2.40. The van der Waals surface area contributed by atoms with Gasteiger partial charge in [0.1, 0.15) is 5.82 Å². The molecule has 0 radical (unpaired) electrons. The van der Waals surface area contributed by atoms with E-state index in [9.17, 15) is 19.1 Å².